The van der Waals surface area contributed by atoms with Crippen molar-refractivity contribution in [2.45, 2.75) is 26.0 Å². The summed E-state index contributed by atoms with van der Waals surface area (Å²) in [5.41, 5.74) is 6.57. The Labute approximate surface area is 102 Å². The van der Waals surface area contributed by atoms with Crippen molar-refractivity contribution >= 4 is 5.91 Å². The van der Waals surface area contributed by atoms with E-state index in [0.717, 1.165) is 5.56 Å². The summed E-state index contributed by atoms with van der Waals surface area (Å²) in [4.78, 5) is 11.7. The molecule has 4 N–H and O–H groups in total. The van der Waals surface area contributed by atoms with E-state index in [1.807, 2.05) is 44.2 Å². The average molecular weight is 236 g/mol. The third-order valence-electron chi connectivity index (χ3n) is 2.70. The van der Waals surface area contributed by atoms with E-state index >= 15 is 0 Å². The highest BCUT2D eigenvalue weighted by Gasteiger charge is 2.17. The minimum absolute atomic E-state index is 0.114. The number of aliphatic hydroxyl groups is 1. The molecule has 1 rings (SSSR count). The van der Waals surface area contributed by atoms with Gasteiger partial charge < -0.3 is 16.2 Å². The van der Waals surface area contributed by atoms with E-state index in [1.54, 1.807) is 0 Å². The molecule has 0 aliphatic carbocycles. The van der Waals surface area contributed by atoms with Crippen LogP contribution in [0, 0.1) is 5.92 Å². The van der Waals surface area contributed by atoms with Crippen molar-refractivity contribution in [1.29, 1.82) is 0 Å². The summed E-state index contributed by atoms with van der Waals surface area (Å²) in [6, 6.07) is 8.48. The van der Waals surface area contributed by atoms with Gasteiger partial charge >= 0.3 is 0 Å². The number of carbonyl (C=O) groups is 1. The number of nitrogens with one attached hydrogen (secondary N) is 1. The van der Waals surface area contributed by atoms with E-state index in [-0.39, 0.29) is 18.4 Å². The average Bonchev–Trinajstić information content (AvgIpc) is 2.35. The zero-order chi connectivity index (χ0) is 12.8. The first-order valence-electron chi connectivity index (χ1n) is 5.78. The molecule has 4 nitrogen and oxygen atoms in total. The van der Waals surface area contributed by atoms with Gasteiger partial charge in [0.1, 0.15) is 6.04 Å². The third kappa shape index (κ3) is 4.17. The molecule has 0 aliphatic heterocycles. The number of hydrogen-bond acceptors (Lipinski definition) is 3. The Balaban J connectivity index is 2.48. The Kier molecular flexibility index (Phi) is 5.12. The molecule has 1 aromatic carbocycles. The quantitative estimate of drug-likeness (QED) is 0.708. The van der Waals surface area contributed by atoms with Gasteiger partial charge in [0.05, 0.1) is 6.10 Å². The molecule has 2 atom stereocenters. The van der Waals surface area contributed by atoms with Gasteiger partial charge in [-0.25, -0.2) is 0 Å². The maximum Gasteiger partial charge on any atom is 0.241 e. The van der Waals surface area contributed by atoms with Crippen LogP contribution in [0.25, 0.3) is 0 Å². The van der Waals surface area contributed by atoms with Crippen LogP contribution in [0.15, 0.2) is 30.3 Å². The number of nitrogens with two attached hydrogens (primary N) is 1. The van der Waals surface area contributed by atoms with Crippen molar-refractivity contribution in [2.75, 3.05) is 6.54 Å². The van der Waals surface area contributed by atoms with E-state index in [1.165, 1.54) is 0 Å². The van der Waals surface area contributed by atoms with Crippen molar-refractivity contribution in [1.82, 2.24) is 5.32 Å². The van der Waals surface area contributed by atoms with Crippen LogP contribution in [0.5, 0.6) is 0 Å². The van der Waals surface area contributed by atoms with Gasteiger partial charge in [0.2, 0.25) is 5.91 Å². The molecule has 1 aromatic rings. The summed E-state index contributed by atoms with van der Waals surface area (Å²) in [5, 5.41) is 12.2. The molecule has 0 bridgehead atoms. The molecular weight excluding hydrogens is 216 g/mol. The number of aliphatic hydroxyl groups excluding tert-OH is 1. The Morgan fingerprint density at radius 1 is 1.35 bits per heavy atom. The van der Waals surface area contributed by atoms with Crippen LogP contribution in [-0.4, -0.2) is 23.7 Å². The molecule has 1 amide bonds. The van der Waals surface area contributed by atoms with E-state index in [9.17, 15) is 9.90 Å². The van der Waals surface area contributed by atoms with Crippen molar-refractivity contribution in [3.8, 4) is 0 Å². The maximum atomic E-state index is 11.7. The largest absolute Gasteiger partial charge is 0.391 e. The van der Waals surface area contributed by atoms with Gasteiger partial charge in [0, 0.05) is 6.54 Å². The second-order valence-electron chi connectivity index (χ2n) is 4.44. The minimum Gasteiger partial charge on any atom is -0.391 e. The lowest BCUT2D eigenvalue weighted by atomic mass is 10.1. The SMILES string of the molecule is CC(C)C(O)CNC(=O)[C@H](N)c1ccccc1. The third-order valence-corrected chi connectivity index (χ3v) is 2.70. The smallest absolute Gasteiger partial charge is 0.241 e. The van der Waals surface area contributed by atoms with Gasteiger partial charge in [-0.15, -0.1) is 0 Å². The van der Waals surface area contributed by atoms with Crippen molar-refractivity contribution < 1.29 is 9.90 Å². The lowest BCUT2D eigenvalue weighted by Crippen LogP contribution is -2.39. The van der Waals surface area contributed by atoms with E-state index in [0.29, 0.717) is 0 Å². The fourth-order valence-electron chi connectivity index (χ4n) is 1.36. The van der Waals surface area contributed by atoms with Gasteiger partial charge in [-0.2, -0.15) is 0 Å². The van der Waals surface area contributed by atoms with Crippen LogP contribution in [0.4, 0.5) is 0 Å². The van der Waals surface area contributed by atoms with Crippen LogP contribution in [0.2, 0.25) is 0 Å². The molecule has 0 fully saturated rings. The van der Waals surface area contributed by atoms with E-state index in [4.69, 9.17) is 5.73 Å². The monoisotopic (exact) mass is 236 g/mol. The Morgan fingerprint density at radius 3 is 2.47 bits per heavy atom. The molecule has 17 heavy (non-hydrogen) atoms. The Bertz CT molecular complexity index is 352. The van der Waals surface area contributed by atoms with Gasteiger partial charge in [-0.3, -0.25) is 4.79 Å². The van der Waals surface area contributed by atoms with Gasteiger partial charge in [0.15, 0.2) is 0 Å². The molecule has 1 unspecified atom stereocenters. The second kappa shape index (κ2) is 6.37. The first-order valence-corrected chi connectivity index (χ1v) is 5.78. The molecule has 0 saturated heterocycles. The molecule has 0 saturated carbocycles. The molecular formula is C13H20N2O2. The highest BCUT2D eigenvalue weighted by atomic mass is 16.3. The summed E-state index contributed by atoms with van der Waals surface area (Å²) >= 11 is 0. The number of rotatable bonds is 5. The summed E-state index contributed by atoms with van der Waals surface area (Å²) in [6.45, 7) is 4.03. The number of carbonyl (C=O) groups excluding carboxylic acids is 1. The Hall–Kier alpha value is -1.39. The maximum absolute atomic E-state index is 11.7. The molecule has 0 aliphatic rings. The lowest BCUT2D eigenvalue weighted by molar-refractivity contribution is -0.123. The summed E-state index contributed by atoms with van der Waals surface area (Å²) < 4.78 is 0. The van der Waals surface area contributed by atoms with Gasteiger partial charge in [-0.1, -0.05) is 44.2 Å². The minimum atomic E-state index is -0.685. The molecule has 94 valence electrons. The highest BCUT2D eigenvalue weighted by Crippen LogP contribution is 2.09. The Morgan fingerprint density at radius 2 is 1.94 bits per heavy atom. The lowest BCUT2D eigenvalue weighted by Gasteiger charge is -2.17. The number of benzene rings is 1. The van der Waals surface area contributed by atoms with Gasteiger partial charge in [-0.05, 0) is 11.5 Å². The molecule has 0 radical (unpaired) electrons. The fourth-order valence-corrected chi connectivity index (χ4v) is 1.36. The normalized spacial score (nSPS) is 14.4. The second-order valence-corrected chi connectivity index (χ2v) is 4.44. The van der Waals surface area contributed by atoms with Crippen molar-refractivity contribution in [3.63, 3.8) is 0 Å². The zero-order valence-corrected chi connectivity index (χ0v) is 10.3. The highest BCUT2D eigenvalue weighted by molar-refractivity contribution is 5.82. The first-order chi connectivity index (χ1) is 8.02. The predicted octanol–water partition coefficient (Wildman–Crippen LogP) is 0.819. The fraction of sp³-hybridized carbons (Fsp3) is 0.462. The van der Waals surface area contributed by atoms with E-state index in [2.05, 4.69) is 5.32 Å². The van der Waals surface area contributed by atoms with Crippen LogP contribution in [-0.2, 0) is 4.79 Å². The van der Waals surface area contributed by atoms with E-state index < -0.39 is 12.1 Å². The van der Waals surface area contributed by atoms with Crippen LogP contribution in [0.1, 0.15) is 25.5 Å². The summed E-state index contributed by atoms with van der Waals surface area (Å²) in [7, 11) is 0. The van der Waals surface area contributed by atoms with Crippen LogP contribution >= 0.6 is 0 Å². The molecule has 4 heteroatoms. The summed E-state index contributed by atoms with van der Waals surface area (Å²) in [6.07, 6.45) is -0.540. The molecule has 0 aromatic heterocycles. The van der Waals surface area contributed by atoms with Crippen LogP contribution in [0.3, 0.4) is 0 Å². The van der Waals surface area contributed by atoms with Gasteiger partial charge in [0.25, 0.3) is 0 Å². The molecule has 0 spiro atoms. The zero-order valence-electron chi connectivity index (χ0n) is 10.3. The standard InChI is InChI=1S/C13H20N2O2/c1-9(2)11(16)8-15-13(17)12(14)10-6-4-3-5-7-10/h3-7,9,11-12,16H,8,14H2,1-2H3,(H,15,17)/t11?,12-/m1/s1. The van der Waals surface area contributed by atoms with Crippen molar-refractivity contribution in [3.05, 3.63) is 35.9 Å². The number of hydrogen-bond donors (Lipinski definition) is 3. The topological polar surface area (TPSA) is 75.3 Å². The van der Waals surface area contributed by atoms with Crippen molar-refractivity contribution in [2.24, 2.45) is 11.7 Å². The van der Waals surface area contributed by atoms with Crippen LogP contribution < -0.4 is 11.1 Å². The summed E-state index contributed by atoms with van der Waals surface area (Å²) in [5.74, 6) is -0.154. The molecule has 0 heterocycles. The number of amides is 1. The first kappa shape index (κ1) is 13.7. The predicted molar refractivity (Wildman–Crippen MR) is 67.2 cm³/mol.